The molecule has 0 unspecified atom stereocenters. The first-order valence-electron chi connectivity index (χ1n) is 4.50. The summed E-state index contributed by atoms with van der Waals surface area (Å²) >= 11 is 0. The molecule has 0 atom stereocenters. The maximum Gasteiger partial charge on any atom is 0.331 e. The fraction of sp³-hybridized carbons (Fsp3) is 0.545. The average molecular weight is 180 g/mol. The van der Waals surface area contributed by atoms with Crippen molar-refractivity contribution in [3.05, 3.63) is 23.3 Å². The molecule has 0 saturated carbocycles. The number of hydrogen-bond donors (Lipinski definition) is 1. The fourth-order valence-electron chi connectivity index (χ4n) is 1.53. The zero-order chi connectivity index (χ0) is 10.1. The summed E-state index contributed by atoms with van der Waals surface area (Å²) in [7, 11) is 0. The maximum absolute atomic E-state index is 10.6. The molecule has 1 rings (SSSR count). The van der Waals surface area contributed by atoms with Gasteiger partial charge in [-0.05, 0) is 11.8 Å². The topological polar surface area (TPSA) is 37.3 Å². The molecule has 0 bridgehead atoms. The van der Waals surface area contributed by atoms with Crippen molar-refractivity contribution >= 4 is 5.97 Å². The summed E-state index contributed by atoms with van der Waals surface area (Å²) in [5.41, 5.74) is 1.98. The van der Waals surface area contributed by atoms with E-state index in [-0.39, 0.29) is 5.41 Å². The lowest BCUT2D eigenvalue weighted by Gasteiger charge is -2.18. The van der Waals surface area contributed by atoms with Crippen molar-refractivity contribution in [3.63, 3.8) is 0 Å². The minimum Gasteiger partial charge on any atom is -0.478 e. The van der Waals surface area contributed by atoms with Crippen LogP contribution in [0.1, 0.15) is 33.6 Å². The highest BCUT2D eigenvalue weighted by Crippen LogP contribution is 2.30. The number of carbonyl (C=O) groups is 1. The highest BCUT2D eigenvalue weighted by Gasteiger charge is 2.19. The Kier molecular flexibility index (Phi) is 2.60. The van der Waals surface area contributed by atoms with E-state index in [4.69, 9.17) is 5.11 Å². The third kappa shape index (κ3) is 3.05. The Labute approximate surface area is 79.0 Å². The SMILES string of the molecule is CC(C)(C)CC1=CC=C(C(=O)O)C1. The predicted octanol–water partition coefficient (Wildman–Crippen LogP) is 2.76. The van der Waals surface area contributed by atoms with E-state index in [2.05, 4.69) is 20.8 Å². The van der Waals surface area contributed by atoms with Crippen LogP contribution in [0.2, 0.25) is 0 Å². The fourth-order valence-corrected chi connectivity index (χ4v) is 1.53. The lowest BCUT2D eigenvalue weighted by Crippen LogP contribution is -2.06. The number of hydrogen-bond acceptors (Lipinski definition) is 1. The Morgan fingerprint density at radius 3 is 2.46 bits per heavy atom. The van der Waals surface area contributed by atoms with Crippen LogP contribution in [0.5, 0.6) is 0 Å². The van der Waals surface area contributed by atoms with Crippen molar-refractivity contribution in [1.82, 2.24) is 0 Å². The van der Waals surface area contributed by atoms with Crippen LogP contribution in [0.3, 0.4) is 0 Å². The molecule has 2 nitrogen and oxygen atoms in total. The molecule has 0 aromatic rings. The maximum atomic E-state index is 10.6. The van der Waals surface area contributed by atoms with Gasteiger partial charge in [-0.2, -0.15) is 0 Å². The Hall–Kier alpha value is -1.05. The third-order valence-electron chi connectivity index (χ3n) is 1.97. The Balaban J connectivity index is 2.51. The molecule has 1 N–H and O–H groups in total. The largest absolute Gasteiger partial charge is 0.478 e. The van der Waals surface area contributed by atoms with Crippen LogP contribution in [-0.4, -0.2) is 11.1 Å². The molecular formula is C11H16O2. The standard InChI is InChI=1S/C11H16O2/c1-11(2,3)7-8-4-5-9(6-8)10(12)13/h4-5H,6-7H2,1-3H3,(H,12,13). The summed E-state index contributed by atoms with van der Waals surface area (Å²) in [6.45, 7) is 6.48. The van der Waals surface area contributed by atoms with Crippen LogP contribution in [-0.2, 0) is 4.79 Å². The molecule has 0 radical (unpaired) electrons. The van der Waals surface area contributed by atoms with Crippen LogP contribution >= 0.6 is 0 Å². The molecule has 0 spiro atoms. The molecule has 13 heavy (non-hydrogen) atoms. The van der Waals surface area contributed by atoms with Gasteiger partial charge in [0.25, 0.3) is 0 Å². The Bertz CT molecular complexity index is 277. The monoisotopic (exact) mass is 180 g/mol. The lowest BCUT2D eigenvalue weighted by molar-refractivity contribution is -0.132. The summed E-state index contributed by atoms with van der Waals surface area (Å²) in [5, 5.41) is 8.73. The lowest BCUT2D eigenvalue weighted by atomic mass is 9.87. The highest BCUT2D eigenvalue weighted by atomic mass is 16.4. The first-order valence-corrected chi connectivity index (χ1v) is 4.50. The Morgan fingerprint density at radius 2 is 2.08 bits per heavy atom. The van der Waals surface area contributed by atoms with Crippen LogP contribution in [0.25, 0.3) is 0 Å². The molecule has 0 fully saturated rings. The van der Waals surface area contributed by atoms with E-state index in [1.54, 1.807) is 6.08 Å². The van der Waals surface area contributed by atoms with E-state index in [0.717, 1.165) is 6.42 Å². The second-order valence-corrected chi connectivity index (χ2v) is 4.74. The van der Waals surface area contributed by atoms with Crippen molar-refractivity contribution in [2.24, 2.45) is 5.41 Å². The van der Waals surface area contributed by atoms with E-state index in [1.807, 2.05) is 6.08 Å². The molecule has 1 aliphatic carbocycles. The average Bonchev–Trinajstić information content (AvgIpc) is 2.31. The molecule has 0 heterocycles. The van der Waals surface area contributed by atoms with Crippen molar-refractivity contribution in [2.75, 3.05) is 0 Å². The summed E-state index contributed by atoms with van der Waals surface area (Å²) in [6.07, 6.45) is 5.24. The summed E-state index contributed by atoms with van der Waals surface area (Å²) in [5.74, 6) is -0.792. The molecule has 2 heteroatoms. The molecule has 0 saturated heterocycles. The van der Waals surface area contributed by atoms with Crippen LogP contribution in [0, 0.1) is 5.41 Å². The third-order valence-corrected chi connectivity index (χ3v) is 1.97. The van der Waals surface area contributed by atoms with Gasteiger partial charge in [-0.25, -0.2) is 4.79 Å². The molecular weight excluding hydrogens is 164 g/mol. The van der Waals surface area contributed by atoms with Gasteiger partial charge in [-0.15, -0.1) is 0 Å². The van der Waals surface area contributed by atoms with Crippen LogP contribution in [0.4, 0.5) is 0 Å². The van der Waals surface area contributed by atoms with E-state index >= 15 is 0 Å². The summed E-state index contributed by atoms with van der Waals surface area (Å²) < 4.78 is 0. The quantitative estimate of drug-likeness (QED) is 0.709. The van der Waals surface area contributed by atoms with Crippen molar-refractivity contribution < 1.29 is 9.90 Å². The van der Waals surface area contributed by atoms with Gasteiger partial charge < -0.3 is 5.11 Å². The van der Waals surface area contributed by atoms with Crippen molar-refractivity contribution in [1.29, 1.82) is 0 Å². The molecule has 0 aliphatic heterocycles. The van der Waals surface area contributed by atoms with Gasteiger partial charge >= 0.3 is 5.97 Å². The zero-order valence-electron chi connectivity index (χ0n) is 8.42. The first-order chi connectivity index (χ1) is 5.88. The van der Waals surface area contributed by atoms with Gasteiger partial charge in [0.05, 0.1) is 0 Å². The van der Waals surface area contributed by atoms with Crippen molar-refractivity contribution in [3.8, 4) is 0 Å². The highest BCUT2D eigenvalue weighted by molar-refractivity contribution is 5.88. The predicted molar refractivity (Wildman–Crippen MR) is 52.5 cm³/mol. The van der Waals surface area contributed by atoms with Gasteiger partial charge in [0.15, 0.2) is 0 Å². The minimum absolute atomic E-state index is 0.244. The zero-order valence-corrected chi connectivity index (χ0v) is 8.42. The number of rotatable bonds is 2. The van der Waals surface area contributed by atoms with Crippen molar-refractivity contribution in [2.45, 2.75) is 33.6 Å². The Morgan fingerprint density at radius 1 is 1.46 bits per heavy atom. The normalized spacial score (nSPS) is 16.8. The van der Waals surface area contributed by atoms with Gasteiger partial charge in [-0.1, -0.05) is 38.5 Å². The van der Waals surface area contributed by atoms with Crippen LogP contribution < -0.4 is 0 Å². The first kappa shape index (κ1) is 10.0. The summed E-state index contributed by atoms with van der Waals surface area (Å²) in [4.78, 5) is 10.6. The second-order valence-electron chi connectivity index (χ2n) is 4.74. The molecule has 72 valence electrons. The van der Waals surface area contributed by atoms with Gasteiger partial charge in [0.1, 0.15) is 0 Å². The van der Waals surface area contributed by atoms with E-state index < -0.39 is 5.97 Å². The number of carboxylic acid groups (broad SMARTS) is 1. The van der Waals surface area contributed by atoms with Gasteiger partial charge in [-0.3, -0.25) is 0 Å². The smallest absolute Gasteiger partial charge is 0.331 e. The van der Waals surface area contributed by atoms with E-state index in [0.29, 0.717) is 12.0 Å². The van der Waals surface area contributed by atoms with Gasteiger partial charge in [0, 0.05) is 12.0 Å². The summed E-state index contributed by atoms with van der Waals surface area (Å²) in [6, 6.07) is 0. The van der Waals surface area contributed by atoms with Crippen LogP contribution in [0.15, 0.2) is 23.3 Å². The minimum atomic E-state index is -0.792. The molecule has 0 aromatic heterocycles. The number of carboxylic acids is 1. The van der Waals surface area contributed by atoms with Gasteiger partial charge in [0.2, 0.25) is 0 Å². The van der Waals surface area contributed by atoms with E-state index in [9.17, 15) is 4.79 Å². The number of allylic oxidation sites excluding steroid dienone is 3. The molecule has 0 aromatic carbocycles. The molecule has 0 amide bonds. The second kappa shape index (κ2) is 3.36. The number of aliphatic carboxylic acids is 1. The van der Waals surface area contributed by atoms with E-state index in [1.165, 1.54) is 5.57 Å². The molecule has 1 aliphatic rings.